The van der Waals surface area contributed by atoms with E-state index in [1.807, 2.05) is 0 Å². The average Bonchev–Trinajstić information content (AvgIpc) is 1.97. The first-order valence-corrected chi connectivity index (χ1v) is 4.69. The molecule has 0 bridgehead atoms. The fourth-order valence-corrected chi connectivity index (χ4v) is 0.801. The SMILES string of the molecule is CC(=O)O.CCCCCCC(C)=O. The smallest absolute Gasteiger partial charge is 0.300 e. The molecule has 0 spiro atoms. The fourth-order valence-electron chi connectivity index (χ4n) is 0.801. The van der Waals surface area contributed by atoms with Gasteiger partial charge in [0.25, 0.3) is 5.97 Å². The van der Waals surface area contributed by atoms with Gasteiger partial charge in [-0.25, -0.2) is 0 Å². The molecule has 0 unspecified atom stereocenters. The zero-order chi connectivity index (χ0) is 10.7. The molecular formula is C10H20O3. The number of Topliss-reactive ketones (excluding diaryl/α,β-unsaturated/α-hetero) is 1. The molecule has 0 aliphatic carbocycles. The number of rotatable bonds is 5. The van der Waals surface area contributed by atoms with Crippen LogP contribution in [0, 0.1) is 0 Å². The minimum atomic E-state index is -0.833. The molecule has 0 atom stereocenters. The van der Waals surface area contributed by atoms with Crippen LogP contribution in [0.15, 0.2) is 0 Å². The molecule has 0 heterocycles. The summed E-state index contributed by atoms with van der Waals surface area (Å²) in [5.41, 5.74) is 0. The first-order valence-electron chi connectivity index (χ1n) is 4.69. The van der Waals surface area contributed by atoms with E-state index in [-0.39, 0.29) is 0 Å². The molecular weight excluding hydrogens is 168 g/mol. The molecule has 0 radical (unpaired) electrons. The van der Waals surface area contributed by atoms with Crippen molar-refractivity contribution >= 4 is 11.8 Å². The molecule has 0 aromatic carbocycles. The molecule has 0 aliphatic rings. The minimum absolute atomic E-state index is 0.325. The van der Waals surface area contributed by atoms with Crippen molar-refractivity contribution in [3.05, 3.63) is 0 Å². The molecule has 13 heavy (non-hydrogen) atoms. The van der Waals surface area contributed by atoms with Gasteiger partial charge in [0, 0.05) is 13.3 Å². The Kier molecular flexibility index (Phi) is 12.6. The number of aliphatic carboxylic acids is 1. The molecule has 3 heteroatoms. The van der Waals surface area contributed by atoms with Crippen LogP contribution in [0.1, 0.15) is 52.9 Å². The van der Waals surface area contributed by atoms with Gasteiger partial charge in [-0.05, 0) is 13.3 Å². The normalized spacial score (nSPS) is 8.54. The molecule has 0 saturated carbocycles. The van der Waals surface area contributed by atoms with Gasteiger partial charge in [0.2, 0.25) is 0 Å². The van der Waals surface area contributed by atoms with Gasteiger partial charge in [-0.1, -0.05) is 26.2 Å². The number of carboxylic acids is 1. The minimum Gasteiger partial charge on any atom is -0.481 e. The zero-order valence-electron chi connectivity index (χ0n) is 8.80. The Morgan fingerprint density at radius 2 is 1.54 bits per heavy atom. The van der Waals surface area contributed by atoms with Crippen molar-refractivity contribution in [3.8, 4) is 0 Å². The number of carboxylic acid groups (broad SMARTS) is 1. The van der Waals surface area contributed by atoms with E-state index in [1.165, 1.54) is 19.3 Å². The number of hydrogen-bond donors (Lipinski definition) is 1. The molecule has 0 rings (SSSR count). The topological polar surface area (TPSA) is 54.4 Å². The lowest BCUT2D eigenvalue weighted by molar-refractivity contribution is -0.134. The van der Waals surface area contributed by atoms with Crippen LogP contribution < -0.4 is 0 Å². The molecule has 78 valence electrons. The molecule has 0 fully saturated rings. The van der Waals surface area contributed by atoms with E-state index < -0.39 is 5.97 Å². The summed E-state index contributed by atoms with van der Waals surface area (Å²) in [4.78, 5) is 19.4. The number of carbonyl (C=O) groups is 2. The van der Waals surface area contributed by atoms with Crippen LogP contribution in [0.25, 0.3) is 0 Å². The number of hydrogen-bond acceptors (Lipinski definition) is 2. The summed E-state index contributed by atoms with van der Waals surface area (Å²) in [6.45, 7) is 4.92. The average molecular weight is 188 g/mol. The Morgan fingerprint density at radius 1 is 1.08 bits per heavy atom. The Balaban J connectivity index is 0. The van der Waals surface area contributed by atoms with E-state index in [0.717, 1.165) is 19.8 Å². The molecule has 0 aliphatic heterocycles. The standard InChI is InChI=1S/C8H16O.C2H4O2/c1-3-4-5-6-7-8(2)9;1-2(3)4/h3-7H2,1-2H3;1H3,(H,3,4). The predicted octanol–water partition coefficient (Wildman–Crippen LogP) is 2.64. The van der Waals surface area contributed by atoms with E-state index in [1.54, 1.807) is 6.92 Å². The van der Waals surface area contributed by atoms with Crippen molar-refractivity contribution in [1.82, 2.24) is 0 Å². The van der Waals surface area contributed by atoms with E-state index in [0.29, 0.717) is 5.78 Å². The molecule has 0 saturated heterocycles. The third-order valence-electron chi connectivity index (χ3n) is 1.38. The Hall–Kier alpha value is -0.860. The van der Waals surface area contributed by atoms with E-state index in [4.69, 9.17) is 9.90 Å². The first kappa shape index (κ1) is 14.7. The number of unbranched alkanes of at least 4 members (excludes halogenated alkanes) is 3. The predicted molar refractivity (Wildman–Crippen MR) is 52.7 cm³/mol. The molecule has 0 amide bonds. The largest absolute Gasteiger partial charge is 0.481 e. The van der Waals surface area contributed by atoms with E-state index in [2.05, 4.69) is 6.92 Å². The summed E-state index contributed by atoms with van der Waals surface area (Å²) in [5, 5.41) is 7.42. The van der Waals surface area contributed by atoms with Gasteiger partial charge in [-0.2, -0.15) is 0 Å². The molecule has 0 aromatic rings. The van der Waals surface area contributed by atoms with Crippen molar-refractivity contribution in [2.75, 3.05) is 0 Å². The van der Waals surface area contributed by atoms with Crippen molar-refractivity contribution in [2.45, 2.75) is 52.9 Å². The highest BCUT2D eigenvalue weighted by molar-refractivity contribution is 5.75. The highest BCUT2D eigenvalue weighted by Crippen LogP contribution is 2.01. The summed E-state index contributed by atoms with van der Waals surface area (Å²) >= 11 is 0. The van der Waals surface area contributed by atoms with Crippen molar-refractivity contribution in [3.63, 3.8) is 0 Å². The third-order valence-corrected chi connectivity index (χ3v) is 1.38. The third kappa shape index (κ3) is 35.2. The van der Waals surface area contributed by atoms with Gasteiger partial charge in [-0.15, -0.1) is 0 Å². The number of carbonyl (C=O) groups excluding carboxylic acids is 1. The lowest BCUT2D eigenvalue weighted by atomic mass is 10.1. The van der Waals surface area contributed by atoms with Crippen molar-refractivity contribution in [2.24, 2.45) is 0 Å². The second-order valence-electron chi connectivity index (χ2n) is 3.03. The summed E-state index contributed by atoms with van der Waals surface area (Å²) in [5.74, 6) is -0.508. The van der Waals surface area contributed by atoms with Crippen LogP contribution >= 0.6 is 0 Å². The van der Waals surface area contributed by atoms with Crippen LogP contribution in [0.5, 0.6) is 0 Å². The highest BCUT2D eigenvalue weighted by Gasteiger charge is 1.91. The lowest BCUT2D eigenvalue weighted by Gasteiger charge is -1.93. The van der Waals surface area contributed by atoms with Gasteiger partial charge in [0.05, 0.1) is 0 Å². The zero-order valence-corrected chi connectivity index (χ0v) is 8.80. The first-order chi connectivity index (χ1) is 6.00. The Morgan fingerprint density at radius 3 is 1.85 bits per heavy atom. The maximum absolute atomic E-state index is 10.4. The maximum atomic E-state index is 10.4. The summed E-state index contributed by atoms with van der Waals surface area (Å²) in [6, 6.07) is 0. The van der Waals surface area contributed by atoms with Crippen molar-refractivity contribution in [1.29, 1.82) is 0 Å². The highest BCUT2D eigenvalue weighted by atomic mass is 16.4. The van der Waals surface area contributed by atoms with E-state index in [9.17, 15) is 4.79 Å². The van der Waals surface area contributed by atoms with Gasteiger partial charge in [0.1, 0.15) is 5.78 Å². The van der Waals surface area contributed by atoms with Gasteiger partial charge in [-0.3, -0.25) is 4.79 Å². The fraction of sp³-hybridized carbons (Fsp3) is 0.800. The molecule has 0 aromatic heterocycles. The summed E-state index contributed by atoms with van der Waals surface area (Å²) in [6.07, 6.45) is 5.60. The monoisotopic (exact) mass is 188 g/mol. The second-order valence-corrected chi connectivity index (χ2v) is 3.03. The number of ketones is 1. The van der Waals surface area contributed by atoms with Crippen LogP contribution in [0.4, 0.5) is 0 Å². The Labute approximate surface area is 80.1 Å². The van der Waals surface area contributed by atoms with Gasteiger partial charge < -0.3 is 9.90 Å². The molecule has 1 N–H and O–H groups in total. The van der Waals surface area contributed by atoms with Crippen LogP contribution in [0.2, 0.25) is 0 Å². The van der Waals surface area contributed by atoms with Crippen molar-refractivity contribution < 1.29 is 14.7 Å². The van der Waals surface area contributed by atoms with E-state index >= 15 is 0 Å². The maximum Gasteiger partial charge on any atom is 0.300 e. The Bertz CT molecular complexity index is 137. The van der Waals surface area contributed by atoms with Gasteiger partial charge >= 0.3 is 0 Å². The lowest BCUT2D eigenvalue weighted by Crippen LogP contribution is -1.88. The quantitative estimate of drug-likeness (QED) is 0.675. The van der Waals surface area contributed by atoms with Crippen LogP contribution in [-0.2, 0) is 9.59 Å². The summed E-state index contributed by atoms with van der Waals surface area (Å²) < 4.78 is 0. The van der Waals surface area contributed by atoms with Crippen LogP contribution in [0.3, 0.4) is 0 Å². The summed E-state index contributed by atoms with van der Waals surface area (Å²) in [7, 11) is 0. The second kappa shape index (κ2) is 11.1. The molecule has 3 nitrogen and oxygen atoms in total. The van der Waals surface area contributed by atoms with Gasteiger partial charge in [0.15, 0.2) is 0 Å². The van der Waals surface area contributed by atoms with Crippen LogP contribution in [-0.4, -0.2) is 16.9 Å².